The SMILES string of the molecule is CC(CN1CCCCC1)NS(=O)(=O)c1csc(CN)c1. The van der Waals surface area contributed by atoms with E-state index < -0.39 is 10.0 Å². The molecular weight excluding hydrogens is 294 g/mol. The van der Waals surface area contributed by atoms with Crippen molar-refractivity contribution in [1.82, 2.24) is 9.62 Å². The third kappa shape index (κ3) is 4.26. The number of thiophene rings is 1. The third-order valence-corrected chi connectivity index (χ3v) is 6.16. The number of nitrogens with zero attached hydrogens (tertiary/aromatic N) is 1. The van der Waals surface area contributed by atoms with E-state index in [2.05, 4.69) is 9.62 Å². The molecule has 0 radical (unpaired) electrons. The first-order valence-electron chi connectivity index (χ1n) is 7.03. The van der Waals surface area contributed by atoms with E-state index in [9.17, 15) is 8.42 Å². The molecule has 5 nitrogen and oxygen atoms in total. The van der Waals surface area contributed by atoms with Crippen molar-refractivity contribution in [3.63, 3.8) is 0 Å². The van der Waals surface area contributed by atoms with Crippen molar-refractivity contribution >= 4 is 21.4 Å². The summed E-state index contributed by atoms with van der Waals surface area (Å²) in [6.45, 7) is 5.21. The molecule has 2 rings (SSSR count). The lowest BCUT2D eigenvalue weighted by molar-refractivity contribution is 0.215. The van der Waals surface area contributed by atoms with Crippen molar-refractivity contribution in [2.75, 3.05) is 19.6 Å². The zero-order valence-corrected chi connectivity index (χ0v) is 13.5. The van der Waals surface area contributed by atoms with Crippen molar-refractivity contribution in [2.45, 2.75) is 43.7 Å². The number of piperidine rings is 1. The van der Waals surface area contributed by atoms with Crippen LogP contribution >= 0.6 is 11.3 Å². The first-order chi connectivity index (χ1) is 9.51. The Bertz CT molecular complexity index is 521. The molecular formula is C13H23N3O2S2. The number of hydrogen-bond donors (Lipinski definition) is 2. The molecule has 1 aliphatic rings. The fraction of sp³-hybridized carbons (Fsp3) is 0.692. The largest absolute Gasteiger partial charge is 0.326 e. The topological polar surface area (TPSA) is 75.4 Å². The molecule has 0 spiro atoms. The van der Waals surface area contributed by atoms with Gasteiger partial charge in [-0.25, -0.2) is 13.1 Å². The first kappa shape index (κ1) is 15.9. The van der Waals surface area contributed by atoms with Crippen LogP contribution in [0.25, 0.3) is 0 Å². The van der Waals surface area contributed by atoms with E-state index in [4.69, 9.17) is 5.73 Å². The number of likely N-dealkylation sites (tertiary alicyclic amines) is 1. The van der Waals surface area contributed by atoms with E-state index in [1.807, 2.05) is 6.92 Å². The number of nitrogens with one attached hydrogen (secondary N) is 1. The molecule has 1 aromatic heterocycles. The molecule has 1 saturated heterocycles. The van der Waals surface area contributed by atoms with E-state index in [0.29, 0.717) is 11.4 Å². The molecule has 1 fully saturated rings. The summed E-state index contributed by atoms with van der Waals surface area (Å²) in [6.07, 6.45) is 3.71. The van der Waals surface area contributed by atoms with E-state index in [1.165, 1.54) is 30.6 Å². The molecule has 1 unspecified atom stereocenters. The van der Waals surface area contributed by atoms with E-state index in [-0.39, 0.29) is 6.04 Å². The van der Waals surface area contributed by atoms with Crippen molar-refractivity contribution < 1.29 is 8.42 Å². The molecule has 114 valence electrons. The quantitative estimate of drug-likeness (QED) is 0.831. The zero-order valence-electron chi connectivity index (χ0n) is 11.8. The van der Waals surface area contributed by atoms with Crippen molar-refractivity contribution in [3.05, 3.63) is 16.3 Å². The molecule has 20 heavy (non-hydrogen) atoms. The lowest BCUT2D eigenvalue weighted by Gasteiger charge is -2.29. The van der Waals surface area contributed by atoms with Crippen LogP contribution in [-0.2, 0) is 16.6 Å². The summed E-state index contributed by atoms with van der Waals surface area (Å²) in [5.74, 6) is 0. The normalized spacial score (nSPS) is 19.1. The summed E-state index contributed by atoms with van der Waals surface area (Å²) in [5.41, 5.74) is 5.52. The van der Waals surface area contributed by atoms with Gasteiger partial charge in [-0.15, -0.1) is 11.3 Å². The minimum atomic E-state index is -3.42. The van der Waals surface area contributed by atoms with E-state index >= 15 is 0 Å². The maximum Gasteiger partial charge on any atom is 0.241 e. The van der Waals surface area contributed by atoms with Crippen LogP contribution < -0.4 is 10.5 Å². The van der Waals surface area contributed by atoms with Gasteiger partial charge in [0.2, 0.25) is 10.0 Å². The maximum atomic E-state index is 12.2. The molecule has 0 bridgehead atoms. The van der Waals surface area contributed by atoms with Gasteiger partial charge >= 0.3 is 0 Å². The lowest BCUT2D eigenvalue weighted by atomic mass is 10.1. The molecule has 0 saturated carbocycles. The number of nitrogens with two attached hydrogens (primary N) is 1. The molecule has 1 atom stereocenters. The van der Waals surface area contributed by atoms with Gasteiger partial charge in [0.05, 0.1) is 4.90 Å². The summed E-state index contributed by atoms with van der Waals surface area (Å²) in [6, 6.07) is 1.57. The van der Waals surface area contributed by atoms with Crippen LogP contribution in [0, 0.1) is 0 Å². The van der Waals surface area contributed by atoms with E-state index in [0.717, 1.165) is 24.5 Å². The van der Waals surface area contributed by atoms with Gasteiger partial charge in [-0.1, -0.05) is 6.42 Å². The van der Waals surface area contributed by atoms with Gasteiger partial charge in [0.25, 0.3) is 0 Å². The fourth-order valence-corrected chi connectivity index (χ4v) is 4.90. The highest BCUT2D eigenvalue weighted by Gasteiger charge is 2.21. The molecule has 0 amide bonds. The molecule has 1 aromatic rings. The second-order valence-corrected chi connectivity index (χ2v) is 8.05. The second kappa shape index (κ2) is 7.00. The Morgan fingerprint density at radius 2 is 2.10 bits per heavy atom. The summed E-state index contributed by atoms with van der Waals surface area (Å²) in [4.78, 5) is 3.54. The molecule has 0 aliphatic carbocycles. The Morgan fingerprint density at radius 3 is 2.70 bits per heavy atom. The highest BCUT2D eigenvalue weighted by Crippen LogP contribution is 2.19. The second-order valence-electron chi connectivity index (χ2n) is 5.34. The lowest BCUT2D eigenvalue weighted by Crippen LogP contribution is -2.43. The summed E-state index contributed by atoms with van der Waals surface area (Å²) in [5, 5.41) is 1.65. The van der Waals surface area contributed by atoms with Gasteiger partial charge in [0.1, 0.15) is 0 Å². The van der Waals surface area contributed by atoms with Crippen LogP contribution in [0.1, 0.15) is 31.1 Å². The predicted molar refractivity (Wildman–Crippen MR) is 82.3 cm³/mol. The predicted octanol–water partition coefficient (Wildman–Crippen LogP) is 1.36. The van der Waals surface area contributed by atoms with Gasteiger partial charge in [-0.2, -0.15) is 0 Å². The molecule has 2 heterocycles. The first-order valence-corrected chi connectivity index (χ1v) is 9.40. The Labute approximate surface area is 125 Å². The van der Waals surface area contributed by atoms with E-state index in [1.54, 1.807) is 11.4 Å². The van der Waals surface area contributed by atoms with Gasteiger partial charge in [0, 0.05) is 29.4 Å². The Kier molecular flexibility index (Phi) is 5.57. The van der Waals surface area contributed by atoms with Crippen molar-refractivity contribution in [2.24, 2.45) is 5.73 Å². The zero-order chi connectivity index (χ0) is 14.6. The molecule has 7 heteroatoms. The smallest absolute Gasteiger partial charge is 0.241 e. The van der Waals surface area contributed by atoms with Gasteiger partial charge < -0.3 is 10.6 Å². The minimum Gasteiger partial charge on any atom is -0.326 e. The minimum absolute atomic E-state index is 0.0840. The average molecular weight is 317 g/mol. The Hall–Kier alpha value is -0.470. The van der Waals surface area contributed by atoms with Crippen LogP contribution in [0.2, 0.25) is 0 Å². The van der Waals surface area contributed by atoms with Crippen LogP contribution in [0.5, 0.6) is 0 Å². The van der Waals surface area contributed by atoms with Crippen molar-refractivity contribution in [3.8, 4) is 0 Å². The summed E-state index contributed by atoms with van der Waals surface area (Å²) in [7, 11) is -3.42. The monoisotopic (exact) mass is 317 g/mol. The molecule has 3 N–H and O–H groups in total. The number of hydrogen-bond acceptors (Lipinski definition) is 5. The van der Waals surface area contributed by atoms with Crippen LogP contribution in [-0.4, -0.2) is 39.0 Å². The van der Waals surface area contributed by atoms with Gasteiger partial charge in [-0.05, 0) is 38.9 Å². The maximum absolute atomic E-state index is 12.2. The summed E-state index contributed by atoms with van der Waals surface area (Å²) < 4.78 is 27.3. The Balaban J connectivity index is 1.93. The average Bonchev–Trinajstić information content (AvgIpc) is 2.88. The number of rotatable bonds is 6. The summed E-state index contributed by atoms with van der Waals surface area (Å²) >= 11 is 1.38. The van der Waals surface area contributed by atoms with Gasteiger partial charge in [-0.3, -0.25) is 0 Å². The van der Waals surface area contributed by atoms with Crippen molar-refractivity contribution in [1.29, 1.82) is 0 Å². The fourth-order valence-electron chi connectivity index (χ4n) is 2.51. The van der Waals surface area contributed by atoms with Crippen LogP contribution in [0.15, 0.2) is 16.3 Å². The highest BCUT2D eigenvalue weighted by molar-refractivity contribution is 7.89. The Morgan fingerprint density at radius 1 is 1.40 bits per heavy atom. The number of sulfonamides is 1. The standard InChI is InChI=1S/C13H23N3O2S2/c1-11(9-16-5-3-2-4-6-16)15-20(17,18)13-7-12(8-14)19-10-13/h7,10-11,15H,2-6,8-9,14H2,1H3. The third-order valence-electron chi connectivity index (χ3n) is 3.48. The van der Waals surface area contributed by atoms with Crippen LogP contribution in [0.4, 0.5) is 0 Å². The highest BCUT2D eigenvalue weighted by atomic mass is 32.2. The van der Waals surface area contributed by atoms with Crippen LogP contribution in [0.3, 0.4) is 0 Å². The molecule has 1 aliphatic heterocycles. The van der Waals surface area contributed by atoms with Gasteiger partial charge in [0.15, 0.2) is 0 Å². The molecule has 0 aromatic carbocycles.